The maximum atomic E-state index is 5.39. The van der Waals surface area contributed by atoms with Crippen LogP contribution in [0.3, 0.4) is 0 Å². The number of H-pyrrole nitrogens is 1. The Morgan fingerprint density at radius 3 is 2.94 bits per heavy atom. The lowest BCUT2D eigenvalue weighted by molar-refractivity contribution is 0.0853. The molecular weight excluding hydrogens is 200 g/mol. The van der Waals surface area contributed by atoms with E-state index in [-0.39, 0.29) is 0 Å². The van der Waals surface area contributed by atoms with Gasteiger partial charge in [-0.1, -0.05) is 12.1 Å². The number of aryl methyl sites for hydroxylation is 1. The van der Waals surface area contributed by atoms with Gasteiger partial charge in [0.15, 0.2) is 0 Å². The zero-order valence-electron chi connectivity index (χ0n) is 9.65. The van der Waals surface area contributed by atoms with E-state index in [1.807, 2.05) is 19.1 Å². The van der Waals surface area contributed by atoms with Gasteiger partial charge in [-0.2, -0.15) is 5.10 Å². The van der Waals surface area contributed by atoms with Gasteiger partial charge in [0, 0.05) is 25.1 Å². The van der Waals surface area contributed by atoms with Crippen molar-refractivity contribution in [2.24, 2.45) is 0 Å². The normalized spacial score (nSPS) is 16.8. The molecule has 3 nitrogen and oxygen atoms in total. The molecule has 1 aromatic rings. The zero-order chi connectivity index (χ0) is 11.2. The first-order valence-electron chi connectivity index (χ1n) is 5.78. The summed E-state index contributed by atoms with van der Waals surface area (Å²) in [7, 11) is 0. The summed E-state index contributed by atoms with van der Waals surface area (Å²) < 4.78 is 5.39. The molecular formula is C13H18N2O. The molecule has 1 saturated heterocycles. The predicted molar refractivity (Wildman–Crippen MR) is 63.7 cm³/mol. The summed E-state index contributed by atoms with van der Waals surface area (Å²) in [6, 6.07) is 8.35. The van der Waals surface area contributed by atoms with Crippen molar-refractivity contribution in [3.63, 3.8) is 0 Å². The van der Waals surface area contributed by atoms with E-state index in [4.69, 9.17) is 4.74 Å². The number of aromatic amines is 1. The monoisotopic (exact) mass is 218 g/mol. The van der Waals surface area contributed by atoms with Gasteiger partial charge in [-0.15, -0.1) is 0 Å². The third-order valence-corrected chi connectivity index (χ3v) is 2.88. The molecule has 1 N–H and O–H groups in total. The Balaban J connectivity index is 2.32. The first-order valence-corrected chi connectivity index (χ1v) is 5.78. The summed E-state index contributed by atoms with van der Waals surface area (Å²) in [5.41, 5.74) is 2.45. The molecule has 0 amide bonds. The van der Waals surface area contributed by atoms with Crippen LogP contribution >= 0.6 is 0 Å². The first kappa shape index (κ1) is 11.1. The second kappa shape index (κ2) is 5.66. The average Bonchev–Trinajstić information content (AvgIpc) is 2.42. The maximum absolute atomic E-state index is 5.39. The molecule has 2 heterocycles. The van der Waals surface area contributed by atoms with Crippen LogP contribution in [0.4, 0.5) is 0 Å². The van der Waals surface area contributed by atoms with Crippen LogP contribution in [0.2, 0.25) is 0 Å². The Bertz CT molecular complexity index is 379. The van der Waals surface area contributed by atoms with Crippen LogP contribution in [0.5, 0.6) is 0 Å². The largest absolute Gasteiger partial charge is 0.381 e. The highest BCUT2D eigenvalue weighted by Gasteiger charge is 2.14. The Kier molecular flexibility index (Phi) is 3.94. The van der Waals surface area contributed by atoms with Crippen LogP contribution in [0.1, 0.15) is 30.0 Å². The summed E-state index contributed by atoms with van der Waals surface area (Å²) in [6.07, 6.45) is 4.00. The summed E-state index contributed by atoms with van der Waals surface area (Å²) in [6.45, 7) is 3.79. The lowest BCUT2D eigenvalue weighted by Gasteiger charge is -2.21. The van der Waals surface area contributed by atoms with Crippen molar-refractivity contribution in [2.45, 2.75) is 25.7 Å². The highest BCUT2D eigenvalue weighted by molar-refractivity contribution is 5.18. The molecule has 2 rings (SSSR count). The van der Waals surface area contributed by atoms with Crippen molar-refractivity contribution >= 4 is 0 Å². The lowest BCUT2D eigenvalue weighted by atomic mass is 9.92. The number of rotatable bonds is 1. The average molecular weight is 218 g/mol. The third-order valence-electron chi connectivity index (χ3n) is 2.88. The summed E-state index contributed by atoms with van der Waals surface area (Å²) in [5.74, 6) is 0.619. The van der Waals surface area contributed by atoms with Crippen molar-refractivity contribution in [1.29, 1.82) is 0 Å². The molecule has 0 aromatic carbocycles. The molecule has 1 aliphatic rings. The fourth-order valence-corrected chi connectivity index (χ4v) is 2.01. The van der Waals surface area contributed by atoms with Crippen LogP contribution in [-0.2, 0) is 4.74 Å². The SMILES string of the molecule is Cc1cc(C2CCOCC2)ccccn[nH]1. The molecule has 0 spiro atoms. The molecule has 0 aliphatic carbocycles. The molecule has 3 heteroatoms. The van der Waals surface area contributed by atoms with Crippen molar-refractivity contribution in [3.05, 3.63) is 41.7 Å². The molecule has 0 radical (unpaired) electrons. The van der Waals surface area contributed by atoms with Crippen LogP contribution in [0.15, 0.2) is 30.5 Å². The molecule has 1 aromatic heterocycles. The first-order chi connectivity index (χ1) is 7.86. The smallest absolute Gasteiger partial charge is 0.0472 e. The van der Waals surface area contributed by atoms with Crippen LogP contribution < -0.4 is 0 Å². The van der Waals surface area contributed by atoms with Gasteiger partial charge in [0.25, 0.3) is 0 Å². The van der Waals surface area contributed by atoms with Gasteiger partial charge in [0.1, 0.15) is 0 Å². The van der Waals surface area contributed by atoms with Gasteiger partial charge < -0.3 is 4.74 Å². The minimum atomic E-state index is 0.619. The molecule has 0 bridgehead atoms. The van der Waals surface area contributed by atoms with Crippen molar-refractivity contribution in [1.82, 2.24) is 10.2 Å². The molecule has 86 valence electrons. The molecule has 0 saturated carbocycles. The lowest BCUT2D eigenvalue weighted by Crippen LogP contribution is -2.13. The van der Waals surface area contributed by atoms with Gasteiger partial charge in [0.2, 0.25) is 0 Å². The number of hydrogen-bond acceptors (Lipinski definition) is 2. The standard InChI is InChI=1S/C13H18N2O/c1-11-10-13(4-2-3-7-14-15-11)12-5-8-16-9-6-12/h2-4,7,10,12,15H,5-6,8-9H2,1H3. The number of hydrogen-bond donors (Lipinski definition) is 1. The fraction of sp³-hybridized carbons (Fsp3) is 0.462. The van der Waals surface area contributed by atoms with Gasteiger partial charge in [0.05, 0.1) is 0 Å². The van der Waals surface area contributed by atoms with E-state index in [0.29, 0.717) is 5.92 Å². The predicted octanol–water partition coefficient (Wildman–Crippen LogP) is 2.74. The second-order valence-electron chi connectivity index (χ2n) is 4.16. The highest BCUT2D eigenvalue weighted by atomic mass is 16.5. The van der Waals surface area contributed by atoms with E-state index in [9.17, 15) is 0 Å². The zero-order valence-corrected chi connectivity index (χ0v) is 9.65. The highest BCUT2D eigenvalue weighted by Crippen LogP contribution is 2.25. The summed E-state index contributed by atoms with van der Waals surface area (Å²) in [4.78, 5) is 0. The van der Waals surface area contributed by atoms with Crippen molar-refractivity contribution in [2.75, 3.05) is 13.2 Å². The minimum absolute atomic E-state index is 0.619. The second-order valence-corrected chi connectivity index (χ2v) is 4.16. The quantitative estimate of drug-likeness (QED) is 0.787. The maximum Gasteiger partial charge on any atom is 0.0472 e. The van der Waals surface area contributed by atoms with Gasteiger partial charge >= 0.3 is 0 Å². The van der Waals surface area contributed by atoms with E-state index in [0.717, 1.165) is 31.7 Å². The summed E-state index contributed by atoms with van der Waals surface area (Å²) >= 11 is 0. The number of nitrogens with zero attached hydrogens (tertiary/aromatic N) is 1. The summed E-state index contributed by atoms with van der Waals surface area (Å²) in [5, 5.41) is 7.06. The molecule has 16 heavy (non-hydrogen) atoms. The van der Waals surface area contributed by atoms with Crippen LogP contribution in [0.25, 0.3) is 0 Å². The Morgan fingerprint density at radius 2 is 2.12 bits per heavy atom. The number of ether oxygens (including phenoxy) is 1. The third kappa shape index (κ3) is 3.07. The van der Waals surface area contributed by atoms with Gasteiger partial charge in [-0.25, -0.2) is 0 Å². The number of nitrogens with one attached hydrogen (secondary N) is 1. The minimum Gasteiger partial charge on any atom is -0.381 e. The molecule has 0 unspecified atom stereocenters. The van der Waals surface area contributed by atoms with E-state index in [1.165, 1.54) is 5.56 Å². The Morgan fingerprint density at radius 1 is 1.31 bits per heavy atom. The van der Waals surface area contributed by atoms with E-state index in [1.54, 1.807) is 6.20 Å². The molecule has 0 atom stereocenters. The fourth-order valence-electron chi connectivity index (χ4n) is 2.01. The van der Waals surface area contributed by atoms with E-state index < -0.39 is 0 Å². The molecule has 1 aliphatic heterocycles. The number of aromatic nitrogens is 2. The van der Waals surface area contributed by atoms with Gasteiger partial charge in [-0.3, -0.25) is 5.10 Å². The van der Waals surface area contributed by atoms with E-state index in [2.05, 4.69) is 22.3 Å². The van der Waals surface area contributed by atoms with Crippen molar-refractivity contribution in [3.8, 4) is 0 Å². The van der Waals surface area contributed by atoms with Crippen LogP contribution in [-0.4, -0.2) is 23.4 Å². The molecule has 1 fully saturated rings. The Hall–Kier alpha value is -1.35. The van der Waals surface area contributed by atoms with Gasteiger partial charge in [-0.05, 0) is 43.4 Å². The Labute approximate surface area is 96.2 Å². The van der Waals surface area contributed by atoms with Crippen molar-refractivity contribution < 1.29 is 4.74 Å². The topological polar surface area (TPSA) is 37.9 Å². The van der Waals surface area contributed by atoms with Crippen LogP contribution in [0, 0.1) is 6.92 Å². The van der Waals surface area contributed by atoms with E-state index >= 15 is 0 Å².